The van der Waals surface area contributed by atoms with Gasteiger partial charge < -0.3 is 20.1 Å². The van der Waals surface area contributed by atoms with Gasteiger partial charge in [0, 0.05) is 5.92 Å². The lowest BCUT2D eigenvalue weighted by atomic mass is 9.62. The maximum atomic E-state index is 12.8. The van der Waals surface area contributed by atoms with Crippen LogP contribution in [-0.2, 0) is 21.0 Å². The summed E-state index contributed by atoms with van der Waals surface area (Å²) in [4.78, 5) is 41.4. The number of hydrogen-bond acceptors (Lipinski definition) is 7. The largest absolute Gasteiger partial charge is 0.432 e. The van der Waals surface area contributed by atoms with E-state index in [4.69, 9.17) is 4.84 Å². The molecule has 2 fully saturated rings. The van der Waals surface area contributed by atoms with Crippen molar-refractivity contribution >= 4 is 20.0 Å². The van der Waals surface area contributed by atoms with Gasteiger partial charge in [0.15, 0.2) is 14.1 Å². The van der Waals surface area contributed by atoms with E-state index in [0.717, 1.165) is 10.6 Å². The Hall–Kier alpha value is -1.62. The molecule has 5 atom stereocenters. The number of aliphatic hydroxyl groups excluding tert-OH is 3. The molecular weight excluding hydrogens is 406 g/mol. The van der Waals surface area contributed by atoms with Crippen LogP contribution in [0.4, 0.5) is 0 Å². The molecule has 1 aromatic rings. The summed E-state index contributed by atoms with van der Waals surface area (Å²) in [6.07, 6.45) is -4.99. The Balaban J connectivity index is 1.88. The van der Waals surface area contributed by atoms with Gasteiger partial charge in [-0.25, -0.2) is 5.06 Å². The highest BCUT2D eigenvalue weighted by Crippen LogP contribution is 2.50. The number of benzene rings is 1. The SMILES string of the molecule is CC(C)(C[C@@H]1C(=O)[C@@H](O)[C@@H](O)[C@]2(CC(=O)N2OCc2ccccc2)[C@@H]1O)[Si](C)(C)O. The van der Waals surface area contributed by atoms with Gasteiger partial charge in [-0.3, -0.25) is 14.4 Å². The number of hydroxylamine groups is 2. The quantitative estimate of drug-likeness (QED) is 0.382. The minimum atomic E-state index is -2.71. The van der Waals surface area contributed by atoms with Crippen LogP contribution in [0.5, 0.6) is 0 Å². The molecule has 0 bridgehead atoms. The van der Waals surface area contributed by atoms with Crippen LogP contribution in [0.3, 0.4) is 0 Å². The summed E-state index contributed by atoms with van der Waals surface area (Å²) in [5, 5.41) is 32.6. The summed E-state index contributed by atoms with van der Waals surface area (Å²) in [6.45, 7) is 7.16. The zero-order valence-electron chi connectivity index (χ0n) is 17.8. The van der Waals surface area contributed by atoms with Crippen LogP contribution >= 0.6 is 0 Å². The Morgan fingerprint density at radius 3 is 2.27 bits per heavy atom. The number of carbonyl (C=O) groups is 2. The second-order valence-corrected chi connectivity index (χ2v) is 14.1. The first-order chi connectivity index (χ1) is 13.8. The average Bonchev–Trinajstić information content (AvgIpc) is 2.67. The lowest BCUT2D eigenvalue weighted by Crippen LogP contribution is -2.81. The van der Waals surface area contributed by atoms with Gasteiger partial charge in [0.2, 0.25) is 5.91 Å². The number of carbonyl (C=O) groups excluding carboxylic acids is 2. The van der Waals surface area contributed by atoms with Gasteiger partial charge in [0.1, 0.15) is 24.4 Å². The molecule has 3 rings (SSSR count). The smallest absolute Gasteiger partial charge is 0.249 e. The topological polar surface area (TPSA) is 128 Å². The van der Waals surface area contributed by atoms with Gasteiger partial charge in [-0.2, -0.15) is 0 Å². The first kappa shape index (κ1) is 23.0. The van der Waals surface area contributed by atoms with Crippen LogP contribution in [0, 0.1) is 5.92 Å². The molecule has 1 aliphatic heterocycles. The van der Waals surface area contributed by atoms with Crippen LogP contribution in [-0.4, -0.2) is 69.0 Å². The third-order valence-corrected chi connectivity index (χ3v) is 10.5. The fourth-order valence-electron chi connectivity index (χ4n) is 4.22. The zero-order chi connectivity index (χ0) is 22.5. The first-order valence-corrected chi connectivity index (χ1v) is 13.1. The molecule has 4 N–H and O–H groups in total. The third kappa shape index (κ3) is 3.63. The Kier molecular flexibility index (Phi) is 6.00. The maximum Gasteiger partial charge on any atom is 0.249 e. The number of ketones is 1. The fourth-order valence-corrected chi connectivity index (χ4v) is 4.94. The van der Waals surface area contributed by atoms with Crippen LogP contribution in [0.15, 0.2) is 30.3 Å². The van der Waals surface area contributed by atoms with Crippen molar-refractivity contribution in [1.29, 1.82) is 0 Å². The first-order valence-electron chi connectivity index (χ1n) is 10.1. The Morgan fingerprint density at radius 1 is 1.13 bits per heavy atom. The molecule has 0 radical (unpaired) electrons. The van der Waals surface area contributed by atoms with E-state index in [1.165, 1.54) is 0 Å². The fraction of sp³-hybridized carbons (Fsp3) is 0.619. The minimum Gasteiger partial charge on any atom is -0.432 e. The highest BCUT2D eigenvalue weighted by Gasteiger charge is 2.69. The zero-order valence-corrected chi connectivity index (χ0v) is 18.8. The van der Waals surface area contributed by atoms with Crippen molar-refractivity contribution in [2.45, 2.75) is 75.3 Å². The summed E-state index contributed by atoms with van der Waals surface area (Å²) < 4.78 is 0. The molecule has 1 heterocycles. The van der Waals surface area contributed by atoms with Crippen LogP contribution in [0.25, 0.3) is 0 Å². The van der Waals surface area contributed by atoms with E-state index in [0.29, 0.717) is 0 Å². The highest BCUT2D eigenvalue weighted by atomic mass is 28.4. The predicted octanol–water partition coefficient (Wildman–Crippen LogP) is 0.739. The third-order valence-electron chi connectivity index (χ3n) is 6.99. The van der Waals surface area contributed by atoms with Crippen molar-refractivity contribution in [3.8, 4) is 0 Å². The summed E-state index contributed by atoms with van der Waals surface area (Å²) in [5.74, 6) is -2.18. The van der Waals surface area contributed by atoms with Gasteiger partial charge in [0.25, 0.3) is 0 Å². The number of aliphatic hydroxyl groups is 3. The van der Waals surface area contributed by atoms with Gasteiger partial charge in [-0.05, 0) is 30.1 Å². The van der Waals surface area contributed by atoms with Gasteiger partial charge in [-0.1, -0.05) is 44.2 Å². The number of hydrogen-bond donors (Lipinski definition) is 4. The second kappa shape index (κ2) is 7.81. The summed E-state index contributed by atoms with van der Waals surface area (Å²) in [7, 11) is -2.71. The number of rotatable bonds is 6. The molecule has 1 spiro atoms. The van der Waals surface area contributed by atoms with Crippen LogP contribution < -0.4 is 0 Å². The molecule has 1 aromatic carbocycles. The van der Waals surface area contributed by atoms with Crippen LogP contribution in [0.2, 0.25) is 18.1 Å². The molecule has 1 saturated heterocycles. The Bertz CT molecular complexity index is 809. The number of amides is 1. The van der Waals surface area contributed by atoms with E-state index in [1.54, 1.807) is 13.1 Å². The predicted molar refractivity (Wildman–Crippen MR) is 110 cm³/mol. The normalized spacial score (nSPS) is 32.5. The monoisotopic (exact) mass is 437 g/mol. The van der Waals surface area contributed by atoms with Crippen molar-refractivity contribution in [3.63, 3.8) is 0 Å². The van der Waals surface area contributed by atoms with Gasteiger partial charge in [0.05, 0.1) is 12.5 Å². The maximum absolute atomic E-state index is 12.8. The molecule has 9 heteroatoms. The minimum absolute atomic E-state index is 0.0323. The summed E-state index contributed by atoms with van der Waals surface area (Å²) >= 11 is 0. The van der Waals surface area contributed by atoms with Gasteiger partial charge in [-0.15, -0.1) is 0 Å². The van der Waals surface area contributed by atoms with Crippen molar-refractivity contribution in [2.75, 3.05) is 0 Å². The molecule has 1 aliphatic carbocycles. The van der Waals surface area contributed by atoms with E-state index in [-0.39, 0.29) is 19.4 Å². The van der Waals surface area contributed by atoms with Crippen molar-refractivity contribution in [1.82, 2.24) is 5.06 Å². The molecular formula is C21H31NO7Si. The van der Waals surface area contributed by atoms with Crippen LogP contribution in [0.1, 0.15) is 32.3 Å². The lowest BCUT2D eigenvalue weighted by molar-refractivity contribution is -0.318. The van der Waals surface area contributed by atoms with Crippen molar-refractivity contribution in [2.24, 2.45) is 5.92 Å². The second-order valence-electron chi connectivity index (χ2n) is 9.61. The Morgan fingerprint density at radius 2 is 1.73 bits per heavy atom. The molecule has 166 valence electrons. The number of β-lactam (4-membered cyclic amide) rings is 1. The van der Waals surface area contributed by atoms with E-state index in [1.807, 2.05) is 44.2 Å². The molecule has 0 unspecified atom stereocenters. The van der Waals surface area contributed by atoms with Crippen molar-refractivity contribution in [3.05, 3.63) is 35.9 Å². The molecule has 0 aromatic heterocycles. The van der Waals surface area contributed by atoms with E-state index < -0.39 is 54.8 Å². The Labute approximate surface area is 177 Å². The van der Waals surface area contributed by atoms with E-state index >= 15 is 0 Å². The molecule has 2 aliphatic rings. The van der Waals surface area contributed by atoms with E-state index in [2.05, 4.69) is 0 Å². The van der Waals surface area contributed by atoms with Crippen molar-refractivity contribution < 1.29 is 34.5 Å². The summed E-state index contributed by atoms with van der Waals surface area (Å²) in [6, 6.07) is 9.09. The lowest BCUT2D eigenvalue weighted by Gasteiger charge is -2.59. The highest BCUT2D eigenvalue weighted by molar-refractivity contribution is 6.72. The summed E-state index contributed by atoms with van der Waals surface area (Å²) in [5.41, 5.74) is -0.823. The molecule has 30 heavy (non-hydrogen) atoms. The standard InChI is InChI=1S/C21H31NO7Si/c1-20(2,30(3,4)28)10-14-16(24)17(25)19(27)21(18(14)26)11-15(23)22(21)29-12-13-8-6-5-7-9-13/h5-9,14,17-19,25-28H,10-12H2,1-4H3/t14-,17-,18-,19-,21+/m1/s1. The number of Topliss-reactive ketones (excluding diaryl/α,β-unsaturated/α-hetero) is 1. The van der Waals surface area contributed by atoms with Gasteiger partial charge >= 0.3 is 0 Å². The average molecular weight is 438 g/mol. The molecule has 8 nitrogen and oxygen atoms in total. The molecule has 1 saturated carbocycles. The van der Waals surface area contributed by atoms with E-state index in [9.17, 15) is 29.7 Å². The molecule has 1 amide bonds. The number of nitrogens with zero attached hydrogens (tertiary/aromatic N) is 1.